The van der Waals surface area contributed by atoms with Gasteiger partial charge in [0, 0.05) is 6.07 Å². The molecule has 3 aromatic carbocycles. The first kappa shape index (κ1) is 24.2. The Morgan fingerprint density at radius 2 is 1.92 bits per heavy atom. The van der Waals surface area contributed by atoms with Crippen LogP contribution in [0.15, 0.2) is 59.0 Å². The number of para-hydroxylation sites is 2. The van der Waals surface area contributed by atoms with Crippen LogP contribution in [-0.2, 0) is 0 Å². The molecule has 0 atom stereocenters. The van der Waals surface area contributed by atoms with Crippen molar-refractivity contribution in [2.75, 3.05) is 6.61 Å². The quantitative estimate of drug-likeness (QED) is 0.147. The number of halogens is 1. The summed E-state index contributed by atoms with van der Waals surface area (Å²) in [5.74, 6) is -0.0395. The average Bonchev–Trinajstić information content (AvgIpc) is 3.28. The van der Waals surface area contributed by atoms with Crippen molar-refractivity contribution in [2.45, 2.75) is 6.92 Å². The first-order chi connectivity index (χ1) is 17.3. The Morgan fingerprint density at radius 1 is 1.14 bits per heavy atom. The molecule has 11 nitrogen and oxygen atoms in total. The summed E-state index contributed by atoms with van der Waals surface area (Å²) in [5, 5.41) is 32.2. The van der Waals surface area contributed by atoms with Gasteiger partial charge in [-0.25, -0.2) is 4.98 Å². The van der Waals surface area contributed by atoms with Crippen LogP contribution < -0.4 is 9.47 Å². The highest BCUT2D eigenvalue weighted by atomic mass is 35.5. The minimum Gasteiger partial charge on any atom is -0.490 e. The summed E-state index contributed by atoms with van der Waals surface area (Å²) in [6, 6.07) is 15.1. The predicted octanol–water partition coefficient (Wildman–Crippen LogP) is 6.55. The third-order valence-corrected chi connectivity index (χ3v) is 5.13. The summed E-state index contributed by atoms with van der Waals surface area (Å²) in [5.41, 5.74) is 0.616. The van der Waals surface area contributed by atoms with E-state index in [1.807, 2.05) is 6.07 Å². The Kier molecular flexibility index (Phi) is 6.80. The van der Waals surface area contributed by atoms with Crippen LogP contribution in [0.1, 0.15) is 18.4 Å². The molecule has 0 fully saturated rings. The number of nitriles is 1. The Morgan fingerprint density at radius 3 is 2.58 bits per heavy atom. The van der Waals surface area contributed by atoms with Crippen LogP contribution in [0.25, 0.3) is 22.7 Å². The molecule has 0 amide bonds. The lowest BCUT2D eigenvalue weighted by Crippen LogP contribution is -1.99. The van der Waals surface area contributed by atoms with E-state index in [2.05, 4.69) is 4.98 Å². The molecule has 0 aliphatic rings. The number of non-ortho nitro benzene ring substituents is 1. The lowest BCUT2D eigenvalue weighted by molar-refractivity contribution is -0.394. The molecule has 0 saturated heterocycles. The second-order valence-electron chi connectivity index (χ2n) is 7.19. The molecule has 0 aliphatic heterocycles. The molecule has 180 valence electrons. The van der Waals surface area contributed by atoms with Gasteiger partial charge in [0.05, 0.1) is 27.5 Å². The molecular formula is C24H15ClN4O7. The number of aromatic nitrogens is 1. The van der Waals surface area contributed by atoms with Gasteiger partial charge in [0.2, 0.25) is 11.6 Å². The van der Waals surface area contributed by atoms with Gasteiger partial charge >= 0.3 is 5.69 Å². The second kappa shape index (κ2) is 10.1. The molecule has 1 aromatic heterocycles. The van der Waals surface area contributed by atoms with Gasteiger partial charge in [0.25, 0.3) is 5.69 Å². The van der Waals surface area contributed by atoms with E-state index in [1.54, 1.807) is 31.2 Å². The number of hydrogen-bond donors (Lipinski definition) is 0. The Bertz CT molecular complexity index is 1540. The molecule has 4 rings (SSSR count). The standard InChI is InChI=1S/C24H15ClN4O7/c1-2-34-22-11-14(9-15(13-26)24-27-18-5-3-4-6-20(18)36-24)10-17(25)23(22)35-21-8-7-16(28(30)31)12-19(21)29(32)33/h3-12H,2H2,1H3/b15-9+. The van der Waals surface area contributed by atoms with Crippen molar-refractivity contribution in [1.82, 2.24) is 4.98 Å². The van der Waals surface area contributed by atoms with E-state index in [1.165, 1.54) is 18.2 Å². The average molecular weight is 507 g/mol. The van der Waals surface area contributed by atoms with E-state index < -0.39 is 21.2 Å². The van der Waals surface area contributed by atoms with E-state index in [4.69, 9.17) is 25.5 Å². The van der Waals surface area contributed by atoms with Gasteiger partial charge in [-0.15, -0.1) is 0 Å². The van der Waals surface area contributed by atoms with Crippen LogP contribution in [0.5, 0.6) is 17.2 Å². The summed E-state index contributed by atoms with van der Waals surface area (Å²) in [6.07, 6.45) is 1.50. The van der Waals surface area contributed by atoms with Crippen molar-refractivity contribution in [3.8, 4) is 23.3 Å². The zero-order valence-electron chi connectivity index (χ0n) is 18.5. The van der Waals surface area contributed by atoms with Gasteiger partial charge in [0.1, 0.15) is 17.2 Å². The SMILES string of the molecule is CCOc1cc(/C=C(\C#N)c2nc3ccccc3o2)cc(Cl)c1Oc1ccc([N+](=O)[O-])cc1[N+](=O)[O-]. The van der Waals surface area contributed by atoms with E-state index in [-0.39, 0.29) is 40.3 Å². The molecule has 0 saturated carbocycles. The number of ether oxygens (including phenoxy) is 2. The number of rotatable bonds is 8. The number of benzene rings is 3. The first-order valence-electron chi connectivity index (χ1n) is 10.4. The molecular weight excluding hydrogens is 492 g/mol. The summed E-state index contributed by atoms with van der Waals surface area (Å²) in [4.78, 5) is 25.3. The van der Waals surface area contributed by atoms with Crippen molar-refractivity contribution in [3.63, 3.8) is 0 Å². The topological polar surface area (TPSA) is 155 Å². The maximum absolute atomic E-state index is 11.5. The van der Waals surface area contributed by atoms with Gasteiger partial charge in [-0.05, 0) is 48.9 Å². The van der Waals surface area contributed by atoms with E-state index in [0.29, 0.717) is 16.7 Å². The van der Waals surface area contributed by atoms with Crippen molar-refractivity contribution >= 4 is 45.7 Å². The molecule has 0 N–H and O–H groups in total. The second-order valence-corrected chi connectivity index (χ2v) is 7.60. The fraction of sp³-hybridized carbons (Fsp3) is 0.0833. The number of nitro benzene ring substituents is 2. The first-order valence-corrected chi connectivity index (χ1v) is 10.7. The summed E-state index contributed by atoms with van der Waals surface area (Å²) < 4.78 is 17.0. The number of hydrogen-bond acceptors (Lipinski definition) is 9. The lowest BCUT2D eigenvalue weighted by atomic mass is 10.1. The van der Waals surface area contributed by atoms with Crippen LogP contribution in [0.4, 0.5) is 11.4 Å². The van der Waals surface area contributed by atoms with Gasteiger partial charge < -0.3 is 13.9 Å². The summed E-state index contributed by atoms with van der Waals surface area (Å²) in [7, 11) is 0. The van der Waals surface area contributed by atoms with Gasteiger partial charge in [-0.1, -0.05) is 23.7 Å². The summed E-state index contributed by atoms with van der Waals surface area (Å²) in [6.45, 7) is 1.92. The fourth-order valence-electron chi connectivity index (χ4n) is 3.29. The molecule has 12 heteroatoms. The molecule has 0 unspecified atom stereocenters. The Labute approximate surface area is 208 Å². The van der Waals surface area contributed by atoms with Crippen LogP contribution >= 0.6 is 11.6 Å². The minimum atomic E-state index is -0.798. The maximum atomic E-state index is 11.5. The van der Waals surface area contributed by atoms with Crippen molar-refractivity contribution in [1.29, 1.82) is 5.26 Å². The number of fused-ring (bicyclic) bond motifs is 1. The molecule has 4 aromatic rings. The van der Waals surface area contributed by atoms with Gasteiger partial charge in [-0.3, -0.25) is 20.2 Å². The maximum Gasteiger partial charge on any atom is 0.318 e. The normalized spacial score (nSPS) is 11.2. The van der Waals surface area contributed by atoms with Crippen LogP contribution in [0.2, 0.25) is 5.02 Å². The molecule has 0 bridgehead atoms. The van der Waals surface area contributed by atoms with E-state index in [0.717, 1.165) is 18.2 Å². The molecule has 0 spiro atoms. The molecule has 0 radical (unpaired) electrons. The van der Waals surface area contributed by atoms with E-state index in [9.17, 15) is 25.5 Å². The van der Waals surface area contributed by atoms with E-state index >= 15 is 0 Å². The third kappa shape index (κ3) is 4.94. The zero-order valence-corrected chi connectivity index (χ0v) is 19.3. The lowest BCUT2D eigenvalue weighted by Gasteiger charge is -2.14. The van der Waals surface area contributed by atoms with Crippen molar-refractivity contribution in [3.05, 3.63) is 91.3 Å². The molecule has 1 heterocycles. The van der Waals surface area contributed by atoms with Gasteiger partial charge in [-0.2, -0.15) is 5.26 Å². The summed E-state index contributed by atoms with van der Waals surface area (Å²) >= 11 is 6.44. The number of nitrogens with zero attached hydrogens (tertiary/aromatic N) is 4. The van der Waals surface area contributed by atoms with Crippen LogP contribution in [0, 0.1) is 31.6 Å². The van der Waals surface area contributed by atoms with Gasteiger partial charge in [0.15, 0.2) is 17.1 Å². The molecule has 36 heavy (non-hydrogen) atoms. The highest BCUT2D eigenvalue weighted by Gasteiger charge is 2.24. The number of oxazole rings is 1. The highest BCUT2D eigenvalue weighted by molar-refractivity contribution is 6.32. The zero-order chi connectivity index (χ0) is 25.8. The van der Waals surface area contributed by atoms with Crippen molar-refractivity contribution in [2.24, 2.45) is 0 Å². The highest BCUT2D eigenvalue weighted by Crippen LogP contribution is 2.43. The minimum absolute atomic E-state index is 0.0229. The van der Waals surface area contributed by atoms with Crippen LogP contribution in [-0.4, -0.2) is 21.4 Å². The Balaban J connectivity index is 1.75. The largest absolute Gasteiger partial charge is 0.490 e. The molecule has 0 aliphatic carbocycles. The van der Waals surface area contributed by atoms with Crippen LogP contribution in [0.3, 0.4) is 0 Å². The number of allylic oxidation sites excluding steroid dienone is 1. The number of nitro groups is 2. The fourth-order valence-corrected chi connectivity index (χ4v) is 3.55. The smallest absolute Gasteiger partial charge is 0.318 e. The third-order valence-electron chi connectivity index (χ3n) is 4.85. The Hall–Kier alpha value is -4.95. The predicted molar refractivity (Wildman–Crippen MR) is 130 cm³/mol. The monoisotopic (exact) mass is 506 g/mol. The van der Waals surface area contributed by atoms with Crippen molar-refractivity contribution < 1.29 is 23.7 Å².